The van der Waals surface area contributed by atoms with Crippen LogP contribution in [-0.2, 0) is 11.3 Å². The van der Waals surface area contributed by atoms with E-state index in [1.165, 1.54) is 6.42 Å². The predicted octanol–water partition coefficient (Wildman–Crippen LogP) is 3.52. The molecule has 2 saturated carbocycles. The van der Waals surface area contributed by atoms with Gasteiger partial charge in [0.1, 0.15) is 5.52 Å². The van der Waals surface area contributed by atoms with Crippen molar-refractivity contribution in [1.82, 2.24) is 29.7 Å². The number of nitrogens with one attached hydrogen (secondary N) is 3. The lowest BCUT2D eigenvalue weighted by Crippen LogP contribution is -2.54. The Morgan fingerprint density at radius 2 is 1.88 bits per heavy atom. The van der Waals surface area contributed by atoms with Crippen molar-refractivity contribution in [2.24, 2.45) is 17.8 Å². The van der Waals surface area contributed by atoms with Crippen molar-refractivity contribution < 1.29 is 14.7 Å². The molecular weight excluding hydrogens is 522 g/mol. The molecule has 2 aromatic rings. The number of carbonyl (C=O) groups excluding carboxylic acids is 1. The van der Waals surface area contributed by atoms with E-state index in [-0.39, 0.29) is 23.8 Å². The van der Waals surface area contributed by atoms with E-state index in [9.17, 15) is 14.7 Å². The lowest BCUT2D eigenvalue weighted by Gasteiger charge is -2.40. The van der Waals surface area contributed by atoms with Crippen LogP contribution in [0.4, 0.5) is 16.6 Å². The highest BCUT2D eigenvalue weighted by Gasteiger charge is 2.33. The van der Waals surface area contributed by atoms with Gasteiger partial charge in [-0.15, -0.1) is 12.3 Å². The van der Waals surface area contributed by atoms with Gasteiger partial charge in [0, 0.05) is 51.1 Å². The zero-order chi connectivity index (χ0) is 29.3. The monoisotopic (exact) mass is 563 g/mol. The Bertz CT molecular complexity index is 1350. The maximum Gasteiger partial charge on any atom is 0.410 e. The minimum atomic E-state index is -1.35. The Morgan fingerprint density at radius 3 is 2.46 bits per heavy atom. The molecule has 3 heterocycles. The molecule has 4 N–H and O–H groups in total. The van der Waals surface area contributed by atoms with Crippen LogP contribution < -0.4 is 15.5 Å². The van der Waals surface area contributed by atoms with Gasteiger partial charge in [0.05, 0.1) is 0 Å². The first-order valence-electron chi connectivity index (χ1n) is 14.8. The lowest BCUT2D eigenvalue weighted by atomic mass is 9.80. The van der Waals surface area contributed by atoms with E-state index in [4.69, 9.17) is 21.8 Å². The summed E-state index contributed by atoms with van der Waals surface area (Å²) in [4.78, 5) is 41.8. The topological polar surface area (TPSA) is 152 Å². The van der Waals surface area contributed by atoms with Crippen LogP contribution in [0.25, 0.3) is 11.2 Å². The van der Waals surface area contributed by atoms with E-state index in [1.807, 2.05) is 4.90 Å². The molecular formula is C29H41N9O3. The number of terminal acetylenes is 1. The third kappa shape index (κ3) is 6.09. The molecule has 0 bridgehead atoms. The highest BCUT2D eigenvalue weighted by molar-refractivity contribution is 6.03. The van der Waals surface area contributed by atoms with Crippen LogP contribution in [0.15, 0.2) is 0 Å². The summed E-state index contributed by atoms with van der Waals surface area (Å²) in [6.07, 6.45) is 11.9. The molecule has 5 rings (SSSR count). The van der Waals surface area contributed by atoms with Gasteiger partial charge in [0.15, 0.2) is 23.1 Å². The van der Waals surface area contributed by atoms with Crippen molar-refractivity contribution >= 4 is 40.8 Å². The molecule has 41 heavy (non-hydrogen) atoms. The van der Waals surface area contributed by atoms with Crippen LogP contribution in [0, 0.1) is 35.5 Å². The summed E-state index contributed by atoms with van der Waals surface area (Å²) < 4.78 is 2.21. The van der Waals surface area contributed by atoms with Crippen LogP contribution in [0.1, 0.15) is 71.5 Å². The SMILES string of the molecule is C#C[C@H]1CC[C@H](Cn2c(N3CCN(C(C)=O)C[C@H]3C)nc3nc(C(=N)NC(=O)O)nc(N[C@H](C)C4CCC4)c32)CC1. The number of carboxylic acid groups (broad SMARTS) is 1. The van der Waals surface area contributed by atoms with E-state index in [1.54, 1.807) is 6.92 Å². The summed E-state index contributed by atoms with van der Waals surface area (Å²) in [6.45, 7) is 8.39. The Balaban J connectivity index is 1.59. The van der Waals surface area contributed by atoms with Crippen molar-refractivity contribution in [3.8, 4) is 12.3 Å². The second-order valence-electron chi connectivity index (χ2n) is 11.9. The summed E-state index contributed by atoms with van der Waals surface area (Å²) in [5.41, 5.74) is 1.18. The van der Waals surface area contributed by atoms with Crippen LogP contribution >= 0.6 is 0 Å². The third-order valence-electron chi connectivity index (χ3n) is 9.11. The molecule has 0 aromatic carbocycles. The van der Waals surface area contributed by atoms with Crippen LogP contribution in [0.3, 0.4) is 0 Å². The van der Waals surface area contributed by atoms with Gasteiger partial charge < -0.3 is 24.8 Å². The van der Waals surface area contributed by atoms with Gasteiger partial charge in [-0.2, -0.15) is 4.98 Å². The average molecular weight is 564 g/mol. The Labute approximate surface area is 240 Å². The Hall–Kier alpha value is -3.88. The van der Waals surface area contributed by atoms with Gasteiger partial charge >= 0.3 is 6.09 Å². The largest absolute Gasteiger partial charge is 0.465 e. The first kappa shape index (κ1) is 28.6. The van der Waals surface area contributed by atoms with Crippen molar-refractivity contribution in [2.75, 3.05) is 29.9 Å². The minimum absolute atomic E-state index is 0.0246. The zero-order valence-corrected chi connectivity index (χ0v) is 24.2. The summed E-state index contributed by atoms with van der Waals surface area (Å²) in [7, 11) is 0. The number of nitrogens with zero attached hydrogens (tertiary/aromatic N) is 6. The van der Waals surface area contributed by atoms with E-state index < -0.39 is 11.9 Å². The summed E-state index contributed by atoms with van der Waals surface area (Å²) in [6, 6.07) is 0.178. The maximum atomic E-state index is 12.1. The van der Waals surface area contributed by atoms with Crippen molar-refractivity contribution in [3.05, 3.63) is 5.82 Å². The number of imidazole rings is 1. The summed E-state index contributed by atoms with van der Waals surface area (Å²) >= 11 is 0. The minimum Gasteiger partial charge on any atom is -0.465 e. The molecule has 0 radical (unpaired) electrons. The molecule has 0 unspecified atom stereocenters. The van der Waals surface area contributed by atoms with Gasteiger partial charge in [-0.3, -0.25) is 15.5 Å². The van der Waals surface area contributed by atoms with Gasteiger partial charge in [-0.1, -0.05) is 6.42 Å². The molecule has 1 aliphatic heterocycles. The van der Waals surface area contributed by atoms with Crippen molar-refractivity contribution in [1.29, 1.82) is 5.41 Å². The Kier molecular flexibility index (Phi) is 8.33. The fourth-order valence-electron chi connectivity index (χ4n) is 6.38. The molecule has 12 heteroatoms. The van der Waals surface area contributed by atoms with E-state index in [0.717, 1.165) is 56.5 Å². The van der Waals surface area contributed by atoms with Gasteiger partial charge in [0.2, 0.25) is 11.9 Å². The zero-order valence-electron chi connectivity index (χ0n) is 24.2. The average Bonchev–Trinajstić information content (AvgIpc) is 3.25. The first-order chi connectivity index (χ1) is 19.6. The van der Waals surface area contributed by atoms with E-state index in [2.05, 4.69) is 44.9 Å². The molecule has 2 atom stereocenters. The normalized spacial score (nSPS) is 23.9. The molecule has 3 aliphatic rings. The van der Waals surface area contributed by atoms with Crippen LogP contribution in [-0.4, -0.2) is 79.1 Å². The highest BCUT2D eigenvalue weighted by Crippen LogP contribution is 2.36. The molecule has 12 nitrogen and oxygen atoms in total. The number of carbonyl (C=O) groups is 2. The second kappa shape index (κ2) is 11.9. The van der Waals surface area contributed by atoms with Gasteiger partial charge in [-0.25, -0.2) is 14.8 Å². The quantitative estimate of drug-likeness (QED) is 0.227. The molecule has 2 amide bonds. The second-order valence-corrected chi connectivity index (χ2v) is 11.9. The highest BCUT2D eigenvalue weighted by atomic mass is 16.4. The fourth-order valence-corrected chi connectivity index (χ4v) is 6.38. The number of amidine groups is 1. The standard InChI is InChI=1S/C29H41N9O3/c1-5-20-9-11-21(12-10-20)16-38-23-25(31-18(3)22-7-6-8-22)33-27(24(30)32-29(40)41)34-26(23)35-28(38)37-14-13-36(19(4)39)15-17(37)2/h1,17-18,20-22H,6-16H2,2-4H3,(H2,30,32)(H,40,41)(H,31,33,34)/t17-,18-,20-,21-/m1/s1. The smallest absolute Gasteiger partial charge is 0.410 e. The number of amides is 2. The number of hydrogen-bond donors (Lipinski definition) is 4. The molecule has 2 aromatic heterocycles. The number of hydrogen-bond acceptors (Lipinski definition) is 8. The molecule has 3 fully saturated rings. The summed E-state index contributed by atoms with van der Waals surface area (Å²) in [5, 5.41) is 23.2. The number of rotatable bonds is 7. The number of aromatic nitrogens is 4. The molecule has 0 spiro atoms. The number of piperazine rings is 1. The van der Waals surface area contributed by atoms with Gasteiger partial charge in [-0.05, 0) is 64.2 Å². The van der Waals surface area contributed by atoms with Crippen LogP contribution in [0.5, 0.6) is 0 Å². The van der Waals surface area contributed by atoms with E-state index >= 15 is 0 Å². The maximum absolute atomic E-state index is 12.1. The van der Waals surface area contributed by atoms with Gasteiger partial charge in [0.25, 0.3) is 0 Å². The number of fused-ring (bicyclic) bond motifs is 1. The lowest BCUT2D eigenvalue weighted by molar-refractivity contribution is -0.129. The molecule has 220 valence electrons. The first-order valence-corrected chi connectivity index (χ1v) is 14.8. The summed E-state index contributed by atoms with van der Waals surface area (Å²) in [5.74, 6) is 5.14. The van der Waals surface area contributed by atoms with Crippen LogP contribution in [0.2, 0.25) is 0 Å². The molecule has 1 saturated heterocycles. The van der Waals surface area contributed by atoms with Crippen molar-refractivity contribution in [3.63, 3.8) is 0 Å². The predicted molar refractivity (Wildman–Crippen MR) is 157 cm³/mol. The van der Waals surface area contributed by atoms with E-state index in [0.29, 0.717) is 48.9 Å². The Morgan fingerprint density at radius 1 is 1.15 bits per heavy atom. The third-order valence-corrected chi connectivity index (χ3v) is 9.11. The number of anilines is 2. The van der Waals surface area contributed by atoms with Crippen molar-refractivity contribution in [2.45, 2.75) is 84.3 Å². The molecule has 2 aliphatic carbocycles. The fraction of sp³-hybridized carbons (Fsp3) is 0.655.